The maximum Gasteiger partial charge on any atom is 0.471 e. The third-order valence-electron chi connectivity index (χ3n) is 3.53. The second kappa shape index (κ2) is 7.28. The fourth-order valence-electron chi connectivity index (χ4n) is 2.18. The Kier molecular flexibility index (Phi) is 5.17. The molecule has 6 nitrogen and oxygen atoms in total. The molecule has 0 saturated heterocycles. The molecule has 0 unspecified atom stereocenters. The Bertz CT molecular complexity index is 1100. The van der Waals surface area contributed by atoms with Crippen molar-refractivity contribution in [3.05, 3.63) is 65.6 Å². The summed E-state index contributed by atoms with van der Waals surface area (Å²) in [5, 5.41) is 3.23. The smallest absolute Gasteiger partial charge is 0.329 e. The molecule has 0 amide bonds. The number of sulfonamides is 1. The topological polar surface area (TPSA) is 85.1 Å². The van der Waals surface area contributed by atoms with E-state index in [1.54, 1.807) is 0 Å². The van der Waals surface area contributed by atoms with Gasteiger partial charge in [-0.25, -0.2) is 21.9 Å². The zero-order chi connectivity index (χ0) is 20.5. The van der Waals surface area contributed by atoms with Crippen LogP contribution in [0.4, 0.5) is 22.0 Å². The molecule has 0 radical (unpaired) electrons. The van der Waals surface area contributed by atoms with Crippen molar-refractivity contribution >= 4 is 10.0 Å². The highest BCUT2D eigenvalue weighted by Gasteiger charge is 2.38. The predicted octanol–water partition coefficient (Wildman–Crippen LogP) is 3.51. The molecular formula is C16H10F5N3O3S. The summed E-state index contributed by atoms with van der Waals surface area (Å²) in [6, 6.07) is 7.63. The van der Waals surface area contributed by atoms with Crippen LogP contribution in [-0.2, 0) is 22.7 Å². The van der Waals surface area contributed by atoms with E-state index in [0.717, 1.165) is 12.1 Å². The minimum absolute atomic E-state index is 0.218. The van der Waals surface area contributed by atoms with E-state index in [-0.39, 0.29) is 17.9 Å². The molecule has 0 fully saturated rings. The highest BCUT2D eigenvalue weighted by Crippen LogP contribution is 2.29. The van der Waals surface area contributed by atoms with Gasteiger partial charge in [0.1, 0.15) is 16.5 Å². The maximum absolute atomic E-state index is 13.6. The maximum atomic E-state index is 13.6. The van der Waals surface area contributed by atoms with Crippen LogP contribution in [0.1, 0.15) is 11.5 Å². The number of halogens is 5. The molecule has 12 heteroatoms. The molecule has 0 saturated carbocycles. The lowest BCUT2D eigenvalue weighted by atomic mass is 10.1. The fourth-order valence-corrected chi connectivity index (χ4v) is 3.25. The van der Waals surface area contributed by atoms with Crippen molar-refractivity contribution < 1.29 is 34.9 Å². The number of nitrogens with zero attached hydrogens (tertiary/aromatic N) is 2. The molecule has 1 aromatic heterocycles. The normalized spacial score (nSPS) is 12.3. The summed E-state index contributed by atoms with van der Waals surface area (Å²) in [4.78, 5) is 2.53. The Hall–Kier alpha value is -2.86. The van der Waals surface area contributed by atoms with E-state index in [2.05, 4.69) is 19.4 Å². The van der Waals surface area contributed by atoms with Crippen LogP contribution in [0.25, 0.3) is 11.4 Å². The van der Waals surface area contributed by atoms with Gasteiger partial charge in [-0.05, 0) is 17.7 Å². The van der Waals surface area contributed by atoms with Gasteiger partial charge in [0.05, 0.1) is 0 Å². The lowest BCUT2D eigenvalue weighted by molar-refractivity contribution is -0.159. The molecule has 0 aliphatic carbocycles. The number of alkyl halides is 3. The molecule has 0 aliphatic rings. The van der Waals surface area contributed by atoms with E-state index in [0.29, 0.717) is 11.6 Å². The summed E-state index contributed by atoms with van der Waals surface area (Å²) >= 11 is 0. The molecule has 0 aliphatic heterocycles. The van der Waals surface area contributed by atoms with E-state index in [4.69, 9.17) is 0 Å². The van der Waals surface area contributed by atoms with Crippen LogP contribution in [0, 0.1) is 11.6 Å². The van der Waals surface area contributed by atoms with Crippen LogP contribution in [0.5, 0.6) is 0 Å². The number of benzene rings is 2. The van der Waals surface area contributed by atoms with Crippen molar-refractivity contribution in [2.75, 3.05) is 0 Å². The highest BCUT2D eigenvalue weighted by atomic mass is 32.2. The van der Waals surface area contributed by atoms with Gasteiger partial charge in [0, 0.05) is 18.2 Å². The third kappa shape index (κ3) is 4.34. The first-order chi connectivity index (χ1) is 13.1. The van der Waals surface area contributed by atoms with Gasteiger partial charge in [0.2, 0.25) is 15.8 Å². The van der Waals surface area contributed by atoms with Gasteiger partial charge in [-0.15, -0.1) is 0 Å². The Morgan fingerprint density at radius 2 is 1.71 bits per heavy atom. The largest absolute Gasteiger partial charge is 0.471 e. The van der Waals surface area contributed by atoms with Crippen molar-refractivity contribution in [3.63, 3.8) is 0 Å². The van der Waals surface area contributed by atoms with E-state index < -0.39 is 38.6 Å². The van der Waals surface area contributed by atoms with Crippen LogP contribution < -0.4 is 4.72 Å². The van der Waals surface area contributed by atoms with Crippen molar-refractivity contribution in [1.82, 2.24) is 14.9 Å². The van der Waals surface area contributed by atoms with Gasteiger partial charge in [0.15, 0.2) is 0 Å². The summed E-state index contributed by atoms with van der Waals surface area (Å²) in [5.74, 6) is -3.92. The summed E-state index contributed by atoms with van der Waals surface area (Å²) < 4.78 is 94.5. The zero-order valence-electron chi connectivity index (χ0n) is 13.7. The van der Waals surface area contributed by atoms with Crippen LogP contribution >= 0.6 is 0 Å². The Morgan fingerprint density at radius 3 is 2.29 bits per heavy atom. The van der Waals surface area contributed by atoms with Gasteiger partial charge < -0.3 is 4.52 Å². The van der Waals surface area contributed by atoms with Gasteiger partial charge >= 0.3 is 12.1 Å². The van der Waals surface area contributed by atoms with Gasteiger partial charge in [-0.2, -0.15) is 18.2 Å². The SMILES string of the molecule is O=S(=O)(NCc1ccc(-c2noc(C(F)(F)F)n2)cc1)c1ccc(F)cc1F. The second-order valence-electron chi connectivity index (χ2n) is 5.52. The molecule has 148 valence electrons. The Balaban J connectivity index is 1.71. The van der Waals surface area contributed by atoms with Crippen molar-refractivity contribution in [2.24, 2.45) is 0 Å². The Labute approximate surface area is 155 Å². The van der Waals surface area contributed by atoms with Crippen LogP contribution in [0.15, 0.2) is 51.9 Å². The minimum Gasteiger partial charge on any atom is -0.329 e. The molecular weight excluding hydrogens is 409 g/mol. The monoisotopic (exact) mass is 419 g/mol. The van der Waals surface area contributed by atoms with E-state index in [1.165, 1.54) is 24.3 Å². The van der Waals surface area contributed by atoms with Gasteiger partial charge in [0.25, 0.3) is 0 Å². The van der Waals surface area contributed by atoms with Crippen molar-refractivity contribution in [1.29, 1.82) is 0 Å². The minimum atomic E-state index is -4.76. The van der Waals surface area contributed by atoms with Gasteiger partial charge in [-0.3, -0.25) is 0 Å². The number of hydrogen-bond acceptors (Lipinski definition) is 5. The summed E-state index contributed by atoms with van der Waals surface area (Å²) in [7, 11) is -4.24. The zero-order valence-corrected chi connectivity index (χ0v) is 14.5. The third-order valence-corrected chi connectivity index (χ3v) is 4.96. The first kappa shape index (κ1) is 19.9. The average Bonchev–Trinajstić information content (AvgIpc) is 3.11. The summed E-state index contributed by atoms with van der Waals surface area (Å²) in [6.45, 7) is -0.237. The summed E-state index contributed by atoms with van der Waals surface area (Å²) in [5.41, 5.74) is 0.643. The van der Waals surface area contributed by atoms with Gasteiger partial charge in [-0.1, -0.05) is 29.4 Å². The lowest BCUT2D eigenvalue weighted by Crippen LogP contribution is -2.24. The molecule has 0 spiro atoms. The summed E-state index contributed by atoms with van der Waals surface area (Å²) in [6.07, 6.45) is -4.76. The molecule has 2 aromatic carbocycles. The highest BCUT2D eigenvalue weighted by molar-refractivity contribution is 7.89. The molecule has 3 rings (SSSR count). The Morgan fingerprint density at radius 1 is 1.04 bits per heavy atom. The number of aromatic nitrogens is 2. The fraction of sp³-hybridized carbons (Fsp3) is 0.125. The van der Waals surface area contributed by atoms with Crippen molar-refractivity contribution in [2.45, 2.75) is 17.6 Å². The van der Waals surface area contributed by atoms with Crippen molar-refractivity contribution in [3.8, 4) is 11.4 Å². The van der Waals surface area contributed by atoms with E-state index in [1.807, 2.05) is 0 Å². The number of nitrogens with one attached hydrogen (secondary N) is 1. The lowest BCUT2D eigenvalue weighted by Gasteiger charge is -2.08. The number of rotatable bonds is 5. The van der Waals surface area contributed by atoms with E-state index >= 15 is 0 Å². The average molecular weight is 419 g/mol. The predicted molar refractivity (Wildman–Crippen MR) is 85.1 cm³/mol. The standard InChI is InChI=1S/C16H10F5N3O3S/c17-11-5-6-13(12(18)7-11)28(25,26)22-8-9-1-3-10(4-2-9)14-23-15(27-24-14)16(19,20)21/h1-7,22H,8H2. The van der Waals surface area contributed by atoms with Crippen LogP contribution in [-0.4, -0.2) is 18.6 Å². The second-order valence-corrected chi connectivity index (χ2v) is 7.25. The molecule has 1 heterocycles. The molecule has 1 N–H and O–H groups in total. The molecule has 3 aromatic rings. The number of hydrogen-bond donors (Lipinski definition) is 1. The first-order valence-corrected chi connectivity index (χ1v) is 8.99. The molecule has 0 atom stereocenters. The van der Waals surface area contributed by atoms with E-state index in [9.17, 15) is 30.4 Å². The quantitative estimate of drug-likeness (QED) is 0.640. The molecule has 28 heavy (non-hydrogen) atoms. The van der Waals surface area contributed by atoms with Crippen LogP contribution in [0.3, 0.4) is 0 Å². The first-order valence-electron chi connectivity index (χ1n) is 7.51. The van der Waals surface area contributed by atoms with Crippen LogP contribution in [0.2, 0.25) is 0 Å². The molecule has 0 bridgehead atoms.